The number of allylic oxidation sites excluding steroid dienone is 5. The van der Waals surface area contributed by atoms with Gasteiger partial charge in [0.15, 0.2) is 0 Å². The average Bonchev–Trinajstić information content (AvgIpc) is 2.52. The first-order valence-electron chi connectivity index (χ1n) is 8.86. The van der Waals surface area contributed by atoms with Crippen molar-refractivity contribution in [2.45, 2.75) is 47.0 Å². The molecule has 0 saturated carbocycles. The maximum absolute atomic E-state index is 10.7. The van der Waals surface area contributed by atoms with Crippen molar-refractivity contribution in [3.05, 3.63) is 70.3 Å². The van der Waals surface area contributed by atoms with Crippen LogP contribution in [0.2, 0.25) is 0 Å². The van der Waals surface area contributed by atoms with Crippen LogP contribution in [-0.2, 0) is 4.79 Å². The number of carbonyl (C=O) groups is 1. The number of rotatable bonds is 5. The lowest BCUT2D eigenvalue weighted by Gasteiger charge is -2.33. The molecule has 2 rings (SSSR count). The highest BCUT2D eigenvalue weighted by Crippen LogP contribution is 2.41. The summed E-state index contributed by atoms with van der Waals surface area (Å²) in [5.41, 5.74) is 6.11. The summed E-state index contributed by atoms with van der Waals surface area (Å²) in [7, 11) is 0. The first kappa shape index (κ1) is 19.0. The lowest BCUT2D eigenvalue weighted by molar-refractivity contribution is -0.131. The topological polar surface area (TPSA) is 37.3 Å². The van der Waals surface area contributed by atoms with Gasteiger partial charge in [-0.2, -0.15) is 0 Å². The minimum Gasteiger partial charge on any atom is -0.478 e. The van der Waals surface area contributed by atoms with E-state index in [4.69, 9.17) is 5.11 Å². The SMILES string of the molecule is CC(C=Cc1ccccc1C=CC1=C(C)CCCC1(C)C)=CC(=O)O. The van der Waals surface area contributed by atoms with Crippen molar-refractivity contribution < 1.29 is 9.90 Å². The fraction of sp³-hybridized carbons (Fsp3) is 0.348. The van der Waals surface area contributed by atoms with Gasteiger partial charge in [-0.15, -0.1) is 0 Å². The third-order valence-electron chi connectivity index (χ3n) is 4.84. The molecule has 0 heterocycles. The Bertz CT molecular complexity index is 758. The van der Waals surface area contributed by atoms with Crippen LogP contribution in [0.3, 0.4) is 0 Å². The highest BCUT2D eigenvalue weighted by atomic mass is 16.4. The molecule has 1 N–H and O–H groups in total. The Kier molecular flexibility index (Phi) is 6.19. The summed E-state index contributed by atoms with van der Waals surface area (Å²) in [6.45, 7) is 8.68. The second-order valence-corrected chi connectivity index (χ2v) is 7.45. The highest BCUT2D eigenvalue weighted by Gasteiger charge is 2.26. The van der Waals surface area contributed by atoms with Crippen molar-refractivity contribution in [1.29, 1.82) is 0 Å². The number of carboxylic acid groups (broad SMARTS) is 1. The summed E-state index contributed by atoms with van der Waals surface area (Å²) in [5.74, 6) is -0.919. The summed E-state index contributed by atoms with van der Waals surface area (Å²) >= 11 is 0. The van der Waals surface area contributed by atoms with E-state index in [1.807, 2.05) is 24.3 Å². The van der Waals surface area contributed by atoms with Gasteiger partial charge < -0.3 is 5.11 Å². The lowest BCUT2D eigenvalue weighted by atomic mass is 9.72. The molecule has 132 valence electrons. The Balaban J connectivity index is 2.29. The molecule has 0 amide bonds. The van der Waals surface area contributed by atoms with E-state index in [0.717, 1.165) is 16.7 Å². The van der Waals surface area contributed by atoms with Gasteiger partial charge in [-0.05, 0) is 60.8 Å². The molecular weight excluding hydrogens is 308 g/mol. The van der Waals surface area contributed by atoms with E-state index in [2.05, 4.69) is 45.1 Å². The second-order valence-electron chi connectivity index (χ2n) is 7.45. The van der Waals surface area contributed by atoms with Crippen molar-refractivity contribution in [2.24, 2.45) is 5.41 Å². The number of carboxylic acids is 1. The minimum absolute atomic E-state index is 0.227. The summed E-state index contributed by atoms with van der Waals surface area (Å²) in [5, 5.41) is 8.81. The Hall–Kier alpha value is -2.35. The first-order valence-corrected chi connectivity index (χ1v) is 8.86. The van der Waals surface area contributed by atoms with Crippen molar-refractivity contribution in [3.8, 4) is 0 Å². The van der Waals surface area contributed by atoms with Crippen molar-refractivity contribution in [3.63, 3.8) is 0 Å². The Morgan fingerprint density at radius 3 is 2.36 bits per heavy atom. The van der Waals surface area contributed by atoms with Crippen molar-refractivity contribution in [2.75, 3.05) is 0 Å². The molecule has 1 aliphatic carbocycles. The molecule has 0 saturated heterocycles. The quantitative estimate of drug-likeness (QED) is 0.508. The number of benzene rings is 1. The minimum atomic E-state index is -0.919. The van der Waals surface area contributed by atoms with Crippen LogP contribution in [0, 0.1) is 5.41 Å². The predicted molar refractivity (Wildman–Crippen MR) is 106 cm³/mol. The highest BCUT2D eigenvalue weighted by molar-refractivity contribution is 5.81. The van der Waals surface area contributed by atoms with Crippen LogP contribution < -0.4 is 0 Å². The Labute approximate surface area is 151 Å². The van der Waals surface area contributed by atoms with Crippen molar-refractivity contribution in [1.82, 2.24) is 0 Å². The van der Waals surface area contributed by atoms with Gasteiger partial charge in [0.05, 0.1) is 0 Å². The largest absolute Gasteiger partial charge is 0.478 e. The van der Waals surface area contributed by atoms with E-state index in [1.54, 1.807) is 6.92 Å². The van der Waals surface area contributed by atoms with E-state index < -0.39 is 5.97 Å². The average molecular weight is 336 g/mol. The molecule has 1 aromatic rings. The van der Waals surface area contributed by atoms with Gasteiger partial charge in [0, 0.05) is 6.08 Å². The molecule has 1 aliphatic rings. The molecule has 2 nitrogen and oxygen atoms in total. The van der Waals surface area contributed by atoms with Gasteiger partial charge in [-0.3, -0.25) is 0 Å². The summed E-state index contributed by atoms with van der Waals surface area (Å²) in [4.78, 5) is 10.7. The van der Waals surface area contributed by atoms with Gasteiger partial charge in [-0.25, -0.2) is 4.79 Å². The van der Waals surface area contributed by atoms with E-state index in [0.29, 0.717) is 0 Å². The Morgan fingerprint density at radius 2 is 1.76 bits per heavy atom. The molecule has 0 bridgehead atoms. The van der Waals surface area contributed by atoms with E-state index >= 15 is 0 Å². The maximum atomic E-state index is 10.7. The normalized spacial score (nSPS) is 18.3. The van der Waals surface area contributed by atoms with E-state index in [1.165, 1.54) is 36.5 Å². The van der Waals surface area contributed by atoms with Crippen LogP contribution >= 0.6 is 0 Å². The molecule has 0 radical (unpaired) electrons. The summed E-state index contributed by atoms with van der Waals surface area (Å²) in [6.07, 6.45) is 13.2. The van der Waals surface area contributed by atoms with Crippen LogP contribution in [0.4, 0.5) is 0 Å². The van der Waals surface area contributed by atoms with Crippen LogP contribution in [0.1, 0.15) is 58.1 Å². The zero-order valence-electron chi connectivity index (χ0n) is 15.7. The van der Waals surface area contributed by atoms with Crippen LogP contribution in [0.5, 0.6) is 0 Å². The van der Waals surface area contributed by atoms with Gasteiger partial charge in [0.25, 0.3) is 0 Å². The molecule has 1 aromatic carbocycles. The van der Waals surface area contributed by atoms with Crippen LogP contribution in [0.25, 0.3) is 12.2 Å². The zero-order valence-corrected chi connectivity index (χ0v) is 15.7. The van der Waals surface area contributed by atoms with E-state index in [9.17, 15) is 4.79 Å². The smallest absolute Gasteiger partial charge is 0.328 e. The fourth-order valence-electron chi connectivity index (χ4n) is 3.46. The predicted octanol–water partition coefficient (Wildman–Crippen LogP) is 6.27. The molecule has 0 fully saturated rings. The molecule has 25 heavy (non-hydrogen) atoms. The van der Waals surface area contributed by atoms with Gasteiger partial charge in [-0.1, -0.05) is 68.0 Å². The standard InChI is InChI=1S/C23H28O2/c1-17(16-22(24)25)11-12-19-9-5-6-10-20(19)13-14-21-18(2)8-7-15-23(21,3)4/h5-6,9-14,16H,7-8,15H2,1-4H3,(H,24,25). The van der Waals surface area contributed by atoms with Gasteiger partial charge in [0.1, 0.15) is 0 Å². The molecule has 0 aromatic heterocycles. The fourth-order valence-corrected chi connectivity index (χ4v) is 3.46. The van der Waals surface area contributed by atoms with Gasteiger partial charge >= 0.3 is 5.97 Å². The second kappa shape index (κ2) is 8.15. The Morgan fingerprint density at radius 1 is 1.12 bits per heavy atom. The van der Waals surface area contributed by atoms with Crippen LogP contribution in [0.15, 0.2) is 59.2 Å². The third kappa shape index (κ3) is 5.32. The van der Waals surface area contributed by atoms with E-state index in [-0.39, 0.29) is 5.41 Å². The molecule has 0 aliphatic heterocycles. The van der Waals surface area contributed by atoms with Gasteiger partial charge in [0.2, 0.25) is 0 Å². The van der Waals surface area contributed by atoms with Crippen LogP contribution in [-0.4, -0.2) is 11.1 Å². The van der Waals surface area contributed by atoms with Crippen molar-refractivity contribution >= 4 is 18.1 Å². The summed E-state index contributed by atoms with van der Waals surface area (Å²) in [6, 6.07) is 8.18. The first-order chi connectivity index (χ1) is 11.8. The molecule has 2 heteroatoms. The monoisotopic (exact) mass is 336 g/mol. The zero-order chi connectivity index (χ0) is 18.4. The molecule has 0 atom stereocenters. The molecular formula is C23H28O2. The molecule has 0 spiro atoms. The number of hydrogen-bond acceptors (Lipinski definition) is 1. The summed E-state index contributed by atoms with van der Waals surface area (Å²) < 4.78 is 0. The number of aliphatic carboxylic acids is 1. The number of hydrogen-bond donors (Lipinski definition) is 1. The third-order valence-corrected chi connectivity index (χ3v) is 4.84. The maximum Gasteiger partial charge on any atom is 0.328 e. The lowest BCUT2D eigenvalue weighted by Crippen LogP contribution is -2.18. The molecule has 0 unspecified atom stereocenters.